The van der Waals surface area contributed by atoms with Gasteiger partial charge in [0.05, 0.1) is 44.6 Å². The number of aromatic nitrogens is 3. The minimum Gasteiger partial charge on any atom is -0.493 e. The van der Waals surface area contributed by atoms with Gasteiger partial charge in [0, 0.05) is 73.5 Å². The first kappa shape index (κ1) is 29.9. The lowest BCUT2D eigenvalue weighted by Crippen LogP contribution is -2.37. The Morgan fingerprint density at radius 1 is 0.909 bits per heavy atom. The van der Waals surface area contributed by atoms with Crippen molar-refractivity contribution in [2.45, 2.75) is 38.7 Å². The zero-order valence-corrected chi connectivity index (χ0v) is 25.0. The highest BCUT2D eigenvalue weighted by Gasteiger charge is 2.16. The van der Waals surface area contributed by atoms with Crippen LogP contribution >= 0.6 is 0 Å². The second-order valence-electron chi connectivity index (χ2n) is 11.2. The van der Waals surface area contributed by atoms with Crippen molar-refractivity contribution in [2.24, 2.45) is 0 Å². The van der Waals surface area contributed by atoms with Crippen LogP contribution in [0.15, 0.2) is 61.1 Å². The van der Waals surface area contributed by atoms with Crippen LogP contribution in [0, 0.1) is 0 Å². The number of carbonyl (C=O) groups excluding carboxylic acids is 1. The van der Waals surface area contributed by atoms with Crippen LogP contribution in [0.1, 0.15) is 47.4 Å². The van der Waals surface area contributed by atoms with Crippen LogP contribution in [-0.4, -0.2) is 83.3 Å². The van der Waals surface area contributed by atoms with E-state index in [0.717, 1.165) is 63.4 Å². The van der Waals surface area contributed by atoms with Gasteiger partial charge in [0.1, 0.15) is 22.9 Å². The number of hydrogen-bond acceptors (Lipinski definition) is 10. The Morgan fingerprint density at radius 3 is 2.55 bits per heavy atom. The standard InChI is InChI=1S/C34H39N5O5/c40-24-25-19-29-30(22-34(25)43-16-4-11-38-14-17-42-18-15-38)35-10-8-33(29)44-28-6-5-26(37-23-28)20-32(41)31-21-27(7-9-36-31)39-12-2-1-3-13-39/h5-10,19,21-23,40H,1-4,11-18,20,24H2. The summed E-state index contributed by atoms with van der Waals surface area (Å²) in [7, 11) is 0. The van der Waals surface area contributed by atoms with Gasteiger partial charge >= 0.3 is 0 Å². The van der Waals surface area contributed by atoms with Gasteiger partial charge in [0.15, 0.2) is 5.78 Å². The Hall–Kier alpha value is -4.12. The molecule has 0 amide bonds. The van der Waals surface area contributed by atoms with Crippen molar-refractivity contribution < 1.29 is 24.1 Å². The molecule has 1 N–H and O–H groups in total. The van der Waals surface area contributed by atoms with Gasteiger partial charge in [-0.3, -0.25) is 24.6 Å². The number of aliphatic hydroxyl groups excluding tert-OH is 1. The summed E-state index contributed by atoms with van der Waals surface area (Å²) in [6.45, 7) is 6.82. The number of pyridine rings is 3. The molecule has 44 heavy (non-hydrogen) atoms. The molecule has 230 valence electrons. The quantitative estimate of drug-likeness (QED) is 0.180. The van der Waals surface area contributed by atoms with Crippen LogP contribution in [0.25, 0.3) is 10.9 Å². The van der Waals surface area contributed by atoms with Gasteiger partial charge in [-0.25, -0.2) is 0 Å². The van der Waals surface area contributed by atoms with Gasteiger partial charge in [0.2, 0.25) is 0 Å². The molecule has 0 atom stereocenters. The molecule has 0 radical (unpaired) electrons. The molecule has 10 heteroatoms. The maximum atomic E-state index is 13.0. The molecule has 0 spiro atoms. The molecule has 3 aromatic heterocycles. The van der Waals surface area contributed by atoms with Crippen LogP contribution in [-0.2, 0) is 17.8 Å². The van der Waals surface area contributed by atoms with Crippen molar-refractivity contribution in [1.82, 2.24) is 19.9 Å². The molecule has 0 saturated carbocycles. The van der Waals surface area contributed by atoms with Crippen molar-refractivity contribution in [3.8, 4) is 17.2 Å². The second kappa shape index (κ2) is 14.6. The largest absolute Gasteiger partial charge is 0.493 e. The number of ketones is 1. The number of benzene rings is 1. The van der Waals surface area contributed by atoms with E-state index in [1.165, 1.54) is 19.3 Å². The van der Waals surface area contributed by atoms with Gasteiger partial charge < -0.3 is 24.2 Å². The number of Topliss-reactive ketones (excluding diaryl/α,β-unsaturated/α-hetero) is 1. The van der Waals surface area contributed by atoms with E-state index in [1.807, 2.05) is 24.3 Å². The van der Waals surface area contributed by atoms with E-state index < -0.39 is 0 Å². The summed E-state index contributed by atoms with van der Waals surface area (Å²) in [5, 5.41) is 10.8. The van der Waals surface area contributed by atoms with Gasteiger partial charge in [-0.1, -0.05) is 0 Å². The van der Waals surface area contributed by atoms with Crippen LogP contribution in [0.3, 0.4) is 0 Å². The average molecular weight is 598 g/mol. The number of morpholine rings is 1. The van der Waals surface area contributed by atoms with Crippen molar-refractivity contribution in [3.05, 3.63) is 78.0 Å². The minimum absolute atomic E-state index is 0.0687. The lowest BCUT2D eigenvalue weighted by Gasteiger charge is -2.28. The lowest BCUT2D eigenvalue weighted by atomic mass is 10.1. The molecular weight excluding hydrogens is 558 g/mol. The van der Waals surface area contributed by atoms with E-state index in [2.05, 4.69) is 24.8 Å². The first-order chi connectivity index (χ1) is 21.7. The molecular formula is C34H39N5O5. The Labute approximate surface area is 257 Å². The number of hydrogen-bond donors (Lipinski definition) is 1. The van der Waals surface area contributed by atoms with Crippen LogP contribution in [0.4, 0.5) is 5.69 Å². The summed E-state index contributed by atoms with van der Waals surface area (Å²) in [5.41, 5.74) is 3.53. The Bertz CT molecular complexity index is 1550. The number of fused-ring (bicyclic) bond motifs is 1. The first-order valence-corrected chi connectivity index (χ1v) is 15.5. The van der Waals surface area contributed by atoms with E-state index >= 15 is 0 Å². The minimum atomic E-state index is -0.164. The molecule has 0 aliphatic carbocycles. The summed E-state index contributed by atoms with van der Waals surface area (Å²) >= 11 is 0. The fourth-order valence-electron chi connectivity index (χ4n) is 5.71. The third-order valence-corrected chi connectivity index (χ3v) is 8.15. The summed E-state index contributed by atoms with van der Waals surface area (Å²) in [6.07, 6.45) is 9.66. The number of ether oxygens (including phenoxy) is 3. The molecule has 2 aliphatic rings. The summed E-state index contributed by atoms with van der Waals surface area (Å²) in [6, 6.07) is 13.0. The zero-order valence-electron chi connectivity index (χ0n) is 25.0. The average Bonchev–Trinajstić information content (AvgIpc) is 3.08. The predicted molar refractivity (Wildman–Crippen MR) is 168 cm³/mol. The van der Waals surface area contributed by atoms with Crippen molar-refractivity contribution >= 4 is 22.4 Å². The summed E-state index contributed by atoms with van der Waals surface area (Å²) in [4.78, 5) is 31.0. The van der Waals surface area contributed by atoms with Crippen molar-refractivity contribution in [2.75, 3.05) is 57.4 Å². The van der Waals surface area contributed by atoms with E-state index in [9.17, 15) is 9.90 Å². The van der Waals surface area contributed by atoms with E-state index in [-0.39, 0.29) is 18.8 Å². The Balaban J connectivity index is 1.08. The van der Waals surface area contributed by atoms with Gasteiger partial charge in [-0.05, 0) is 62.1 Å². The maximum absolute atomic E-state index is 13.0. The number of rotatable bonds is 12. The maximum Gasteiger partial charge on any atom is 0.187 e. The molecule has 2 fully saturated rings. The fourth-order valence-corrected chi connectivity index (χ4v) is 5.71. The normalized spacial score (nSPS) is 15.8. The highest BCUT2D eigenvalue weighted by Crippen LogP contribution is 2.33. The van der Waals surface area contributed by atoms with Gasteiger partial charge in [-0.2, -0.15) is 0 Å². The van der Waals surface area contributed by atoms with Gasteiger partial charge in [0.25, 0.3) is 0 Å². The van der Waals surface area contributed by atoms with E-state index in [1.54, 1.807) is 36.8 Å². The second-order valence-corrected chi connectivity index (χ2v) is 11.2. The van der Waals surface area contributed by atoms with Crippen LogP contribution in [0.2, 0.25) is 0 Å². The molecule has 6 rings (SSSR count). The highest BCUT2D eigenvalue weighted by molar-refractivity contribution is 5.96. The monoisotopic (exact) mass is 597 g/mol. The highest BCUT2D eigenvalue weighted by atomic mass is 16.5. The van der Waals surface area contributed by atoms with Gasteiger partial charge in [-0.15, -0.1) is 0 Å². The van der Waals surface area contributed by atoms with Crippen molar-refractivity contribution in [1.29, 1.82) is 0 Å². The first-order valence-electron chi connectivity index (χ1n) is 15.5. The molecule has 2 aliphatic heterocycles. The number of nitrogens with zero attached hydrogens (tertiary/aromatic N) is 5. The third kappa shape index (κ3) is 7.50. The smallest absolute Gasteiger partial charge is 0.187 e. The Kier molecular flexibility index (Phi) is 9.91. The number of carbonyl (C=O) groups is 1. The van der Waals surface area contributed by atoms with E-state index in [4.69, 9.17) is 14.2 Å². The predicted octanol–water partition coefficient (Wildman–Crippen LogP) is 4.83. The fraction of sp³-hybridized carbons (Fsp3) is 0.412. The SMILES string of the molecule is O=C(Cc1ccc(Oc2ccnc3cc(OCCCN4CCOCC4)c(CO)cc23)cn1)c1cc(N2CCCCC2)ccn1. The Morgan fingerprint density at radius 2 is 1.75 bits per heavy atom. The summed E-state index contributed by atoms with van der Waals surface area (Å²) in [5.74, 6) is 1.68. The van der Waals surface area contributed by atoms with Crippen LogP contribution < -0.4 is 14.4 Å². The zero-order chi connectivity index (χ0) is 30.1. The molecule has 2 saturated heterocycles. The molecule has 0 unspecified atom stereocenters. The molecule has 1 aromatic carbocycles. The van der Waals surface area contributed by atoms with Crippen molar-refractivity contribution in [3.63, 3.8) is 0 Å². The topological polar surface area (TPSA) is 110 Å². The number of anilines is 1. The van der Waals surface area contributed by atoms with E-state index in [0.29, 0.717) is 46.3 Å². The molecule has 0 bridgehead atoms. The summed E-state index contributed by atoms with van der Waals surface area (Å²) < 4.78 is 17.6. The molecule has 10 nitrogen and oxygen atoms in total. The third-order valence-electron chi connectivity index (χ3n) is 8.15. The molecule has 5 heterocycles. The van der Waals surface area contributed by atoms with Crippen LogP contribution in [0.5, 0.6) is 17.2 Å². The number of piperidine rings is 1. The number of aliphatic hydroxyl groups is 1. The molecule has 4 aromatic rings. The lowest BCUT2D eigenvalue weighted by molar-refractivity contribution is 0.0357.